The standard InChI is InChI=1S/C14H15N3O/c1-9-5-3-4-6-11(9)17-14(18)12-10(2)7-8-16-13(12)15/h3-8H,1-2H3,(H2,15,16)(H,17,18). The van der Waals surface area contributed by atoms with Gasteiger partial charge in [0, 0.05) is 11.9 Å². The largest absolute Gasteiger partial charge is 0.383 e. The maximum atomic E-state index is 12.2. The van der Waals surface area contributed by atoms with Crippen LogP contribution in [0, 0.1) is 13.8 Å². The smallest absolute Gasteiger partial charge is 0.259 e. The number of hydrogen-bond acceptors (Lipinski definition) is 3. The van der Waals surface area contributed by atoms with Gasteiger partial charge in [0.1, 0.15) is 5.82 Å². The third-order valence-electron chi connectivity index (χ3n) is 2.81. The maximum absolute atomic E-state index is 12.2. The molecule has 0 spiro atoms. The Labute approximate surface area is 106 Å². The number of anilines is 2. The zero-order chi connectivity index (χ0) is 13.1. The van der Waals surface area contributed by atoms with Crippen molar-refractivity contribution in [3.8, 4) is 0 Å². The summed E-state index contributed by atoms with van der Waals surface area (Å²) >= 11 is 0. The zero-order valence-corrected chi connectivity index (χ0v) is 10.4. The van der Waals surface area contributed by atoms with Gasteiger partial charge in [-0.25, -0.2) is 4.98 Å². The molecule has 0 unspecified atom stereocenters. The van der Waals surface area contributed by atoms with E-state index < -0.39 is 0 Å². The van der Waals surface area contributed by atoms with Crippen molar-refractivity contribution in [1.82, 2.24) is 4.98 Å². The summed E-state index contributed by atoms with van der Waals surface area (Å²) in [4.78, 5) is 16.1. The number of nitrogens with two attached hydrogens (primary N) is 1. The molecule has 0 aliphatic carbocycles. The number of aryl methyl sites for hydroxylation is 2. The zero-order valence-electron chi connectivity index (χ0n) is 10.4. The number of benzene rings is 1. The van der Waals surface area contributed by atoms with Gasteiger partial charge in [-0.15, -0.1) is 0 Å². The molecule has 18 heavy (non-hydrogen) atoms. The highest BCUT2D eigenvalue weighted by atomic mass is 16.1. The van der Waals surface area contributed by atoms with Crippen molar-refractivity contribution < 1.29 is 4.79 Å². The molecule has 1 aromatic carbocycles. The highest BCUT2D eigenvalue weighted by Gasteiger charge is 2.14. The third-order valence-corrected chi connectivity index (χ3v) is 2.81. The van der Waals surface area contributed by atoms with Gasteiger partial charge < -0.3 is 11.1 Å². The van der Waals surface area contributed by atoms with Crippen LogP contribution in [0.2, 0.25) is 0 Å². The second kappa shape index (κ2) is 4.87. The van der Waals surface area contributed by atoms with Crippen LogP contribution < -0.4 is 11.1 Å². The normalized spacial score (nSPS) is 10.1. The second-order valence-electron chi connectivity index (χ2n) is 4.16. The first-order valence-electron chi connectivity index (χ1n) is 5.67. The average Bonchev–Trinajstić information content (AvgIpc) is 2.32. The Morgan fingerprint density at radius 2 is 1.89 bits per heavy atom. The van der Waals surface area contributed by atoms with Crippen LogP contribution in [-0.2, 0) is 0 Å². The minimum absolute atomic E-state index is 0.229. The minimum atomic E-state index is -0.229. The van der Waals surface area contributed by atoms with E-state index in [9.17, 15) is 4.79 Å². The van der Waals surface area contributed by atoms with E-state index in [0.717, 1.165) is 16.8 Å². The second-order valence-corrected chi connectivity index (χ2v) is 4.16. The molecular formula is C14H15N3O. The highest BCUT2D eigenvalue weighted by molar-refractivity contribution is 6.08. The molecule has 3 N–H and O–H groups in total. The highest BCUT2D eigenvalue weighted by Crippen LogP contribution is 2.18. The third kappa shape index (κ3) is 2.32. The van der Waals surface area contributed by atoms with Gasteiger partial charge in [-0.1, -0.05) is 18.2 Å². The molecule has 4 heteroatoms. The van der Waals surface area contributed by atoms with E-state index in [1.54, 1.807) is 12.3 Å². The van der Waals surface area contributed by atoms with Gasteiger partial charge in [0.05, 0.1) is 5.56 Å². The van der Waals surface area contributed by atoms with Crippen molar-refractivity contribution in [1.29, 1.82) is 0 Å². The lowest BCUT2D eigenvalue weighted by atomic mass is 10.1. The fourth-order valence-corrected chi connectivity index (χ4v) is 1.77. The molecule has 0 saturated heterocycles. The predicted molar refractivity (Wildman–Crippen MR) is 72.5 cm³/mol. The molecule has 0 radical (unpaired) electrons. The molecule has 92 valence electrons. The fourth-order valence-electron chi connectivity index (χ4n) is 1.77. The van der Waals surface area contributed by atoms with Gasteiger partial charge in [0.15, 0.2) is 0 Å². The molecule has 1 amide bonds. The number of nitrogens with zero attached hydrogens (tertiary/aromatic N) is 1. The summed E-state index contributed by atoms with van der Waals surface area (Å²) in [6.07, 6.45) is 1.59. The SMILES string of the molecule is Cc1ccccc1NC(=O)c1c(C)ccnc1N. The van der Waals surface area contributed by atoms with Gasteiger partial charge in [0.25, 0.3) is 5.91 Å². The molecule has 2 aromatic rings. The minimum Gasteiger partial charge on any atom is -0.383 e. The average molecular weight is 241 g/mol. The number of amides is 1. The number of pyridine rings is 1. The van der Waals surface area contributed by atoms with E-state index in [1.165, 1.54) is 0 Å². The lowest BCUT2D eigenvalue weighted by Crippen LogP contribution is -2.17. The molecule has 1 heterocycles. The predicted octanol–water partition coefficient (Wildman–Crippen LogP) is 2.53. The first-order chi connectivity index (χ1) is 8.59. The van der Waals surface area contributed by atoms with E-state index >= 15 is 0 Å². The van der Waals surface area contributed by atoms with Gasteiger partial charge in [-0.2, -0.15) is 0 Å². The Hall–Kier alpha value is -2.36. The van der Waals surface area contributed by atoms with Gasteiger partial charge in [-0.3, -0.25) is 4.79 Å². The summed E-state index contributed by atoms with van der Waals surface area (Å²) in [7, 11) is 0. The van der Waals surface area contributed by atoms with Crippen molar-refractivity contribution >= 4 is 17.4 Å². The number of hydrogen-bond donors (Lipinski definition) is 2. The van der Waals surface area contributed by atoms with Crippen molar-refractivity contribution in [2.45, 2.75) is 13.8 Å². The van der Waals surface area contributed by atoms with Gasteiger partial charge >= 0.3 is 0 Å². The topological polar surface area (TPSA) is 68.0 Å². The van der Waals surface area contributed by atoms with Crippen LogP contribution in [0.3, 0.4) is 0 Å². The lowest BCUT2D eigenvalue weighted by Gasteiger charge is -2.11. The Kier molecular flexibility index (Phi) is 3.28. The Balaban J connectivity index is 2.31. The summed E-state index contributed by atoms with van der Waals surface area (Å²) in [6, 6.07) is 9.37. The number of nitrogen functional groups attached to an aromatic ring is 1. The van der Waals surface area contributed by atoms with Crippen molar-refractivity contribution in [3.05, 3.63) is 53.2 Å². The van der Waals surface area contributed by atoms with E-state index in [0.29, 0.717) is 5.56 Å². The summed E-state index contributed by atoms with van der Waals surface area (Å²) in [5.74, 6) is 0.0217. The molecule has 0 atom stereocenters. The van der Waals surface area contributed by atoms with E-state index in [1.807, 2.05) is 38.1 Å². The number of carbonyl (C=O) groups is 1. The monoisotopic (exact) mass is 241 g/mol. The lowest BCUT2D eigenvalue weighted by molar-refractivity contribution is 0.102. The number of rotatable bonds is 2. The first kappa shape index (κ1) is 12.1. The number of aromatic nitrogens is 1. The molecule has 0 bridgehead atoms. The number of para-hydroxylation sites is 1. The van der Waals surface area contributed by atoms with E-state index in [-0.39, 0.29) is 11.7 Å². The van der Waals surface area contributed by atoms with Crippen LogP contribution in [0.25, 0.3) is 0 Å². The Morgan fingerprint density at radius 3 is 2.56 bits per heavy atom. The summed E-state index contributed by atoms with van der Waals surface area (Å²) in [6.45, 7) is 3.78. The van der Waals surface area contributed by atoms with Crippen LogP contribution in [0.1, 0.15) is 21.5 Å². The maximum Gasteiger partial charge on any atom is 0.259 e. The van der Waals surface area contributed by atoms with Gasteiger partial charge in [0.2, 0.25) is 0 Å². The molecule has 0 saturated carbocycles. The molecule has 0 aliphatic heterocycles. The first-order valence-corrected chi connectivity index (χ1v) is 5.67. The van der Waals surface area contributed by atoms with Crippen LogP contribution in [0.15, 0.2) is 36.5 Å². The van der Waals surface area contributed by atoms with Crippen molar-refractivity contribution in [3.63, 3.8) is 0 Å². The molecular weight excluding hydrogens is 226 g/mol. The number of nitrogens with one attached hydrogen (secondary N) is 1. The quantitative estimate of drug-likeness (QED) is 0.849. The summed E-state index contributed by atoms with van der Waals surface area (Å²) < 4.78 is 0. The number of carbonyl (C=O) groups excluding carboxylic acids is 1. The van der Waals surface area contributed by atoms with Crippen molar-refractivity contribution in [2.75, 3.05) is 11.1 Å². The van der Waals surface area contributed by atoms with Crippen LogP contribution in [0.5, 0.6) is 0 Å². The van der Waals surface area contributed by atoms with Crippen LogP contribution >= 0.6 is 0 Å². The van der Waals surface area contributed by atoms with Crippen LogP contribution in [0.4, 0.5) is 11.5 Å². The summed E-state index contributed by atoms with van der Waals surface area (Å²) in [5, 5.41) is 2.85. The van der Waals surface area contributed by atoms with Gasteiger partial charge in [-0.05, 0) is 37.1 Å². The fraction of sp³-hybridized carbons (Fsp3) is 0.143. The molecule has 1 aromatic heterocycles. The van der Waals surface area contributed by atoms with E-state index in [2.05, 4.69) is 10.3 Å². The molecule has 0 aliphatic rings. The van der Waals surface area contributed by atoms with Crippen LogP contribution in [-0.4, -0.2) is 10.9 Å². The Bertz CT molecular complexity index is 573. The molecule has 0 fully saturated rings. The van der Waals surface area contributed by atoms with Crippen molar-refractivity contribution in [2.24, 2.45) is 0 Å². The van der Waals surface area contributed by atoms with E-state index in [4.69, 9.17) is 5.73 Å². The molecule has 4 nitrogen and oxygen atoms in total. The molecule has 2 rings (SSSR count). The summed E-state index contributed by atoms with van der Waals surface area (Å²) in [5.41, 5.74) is 8.77. The Morgan fingerprint density at radius 1 is 1.17 bits per heavy atom.